The lowest BCUT2D eigenvalue weighted by molar-refractivity contribution is 0.0952. The quantitative estimate of drug-likeness (QED) is 0.834. The Morgan fingerprint density at radius 3 is 2.53 bits per heavy atom. The van der Waals surface area contributed by atoms with Crippen molar-refractivity contribution >= 4 is 29.1 Å². The molecule has 0 aliphatic heterocycles. The lowest BCUT2D eigenvalue weighted by Gasteiger charge is -2.14. The average Bonchev–Trinajstić information content (AvgIpc) is 2.23. The summed E-state index contributed by atoms with van der Waals surface area (Å²) in [5, 5.41) is 3.32. The third kappa shape index (κ3) is 4.57. The minimum Gasteiger partial charge on any atom is -0.351 e. The van der Waals surface area contributed by atoms with E-state index in [1.54, 1.807) is 12.1 Å². The number of amides is 1. The van der Waals surface area contributed by atoms with E-state index in [1.807, 2.05) is 26.8 Å². The van der Waals surface area contributed by atoms with Gasteiger partial charge < -0.3 is 5.32 Å². The maximum absolute atomic E-state index is 11.8. The topological polar surface area (TPSA) is 29.1 Å². The van der Waals surface area contributed by atoms with Crippen LogP contribution in [-0.4, -0.2) is 17.8 Å². The lowest BCUT2D eigenvalue weighted by atomic mass is 10.1. The first kappa shape index (κ1) is 14.3. The third-order valence-electron chi connectivity index (χ3n) is 2.49. The van der Waals surface area contributed by atoms with Crippen molar-refractivity contribution in [3.8, 4) is 0 Å². The summed E-state index contributed by atoms with van der Waals surface area (Å²) in [7, 11) is 0. The number of hydrogen-bond donors (Lipinski definition) is 1. The molecule has 1 N–H and O–H groups in total. The van der Waals surface area contributed by atoms with Crippen molar-refractivity contribution in [2.45, 2.75) is 26.1 Å². The smallest absolute Gasteiger partial charge is 0.251 e. The van der Waals surface area contributed by atoms with E-state index < -0.39 is 0 Å². The van der Waals surface area contributed by atoms with Gasteiger partial charge in [-0.15, -0.1) is 11.6 Å². The van der Waals surface area contributed by atoms with Gasteiger partial charge in [0.05, 0.1) is 5.38 Å². The maximum Gasteiger partial charge on any atom is 0.251 e. The van der Waals surface area contributed by atoms with Gasteiger partial charge in [-0.2, -0.15) is 0 Å². The number of benzene rings is 1. The first-order valence-corrected chi connectivity index (χ1v) is 6.41. The molecule has 0 aliphatic rings. The molecule has 1 amide bonds. The summed E-state index contributed by atoms with van der Waals surface area (Å²) in [5.74, 6) is 0.194. The van der Waals surface area contributed by atoms with Crippen molar-refractivity contribution in [2.75, 3.05) is 6.54 Å². The van der Waals surface area contributed by atoms with Gasteiger partial charge >= 0.3 is 0 Å². The fourth-order valence-electron chi connectivity index (χ4n) is 1.40. The van der Waals surface area contributed by atoms with Crippen LogP contribution in [0.4, 0.5) is 0 Å². The molecule has 1 aromatic rings. The number of nitrogens with one attached hydrogen (secondary N) is 1. The molecule has 2 nitrogen and oxygen atoms in total. The predicted molar refractivity (Wildman–Crippen MR) is 73.0 cm³/mol. The molecule has 94 valence electrons. The zero-order chi connectivity index (χ0) is 13.0. The molecule has 1 unspecified atom stereocenters. The highest BCUT2D eigenvalue weighted by molar-refractivity contribution is 6.31. The summed E-state index contributed by atoms with van der Waals surface area (Å²) in [6.45, 7) is 6.41. The summed E-state index contributed by atoms with van der Waals surface area (Å²) in [4.78, 5) is 11.8. The van der Waals surface area contributed by atoms with Crippen LogP contribution in [0.2, 0.25) is 5.02 Å². The van der Waals surface area contributed by atoms with E-state index in [0.29, 0.717) is 23.0 Å². The fraction of sp³-hybridized carbons (Fsp3) is 0.462. The molecule has 0 spiro atoms. The van der Waals surface area contributed by atoms with Crippen LogP contribution >= 0.6 is 23.2 Å². The molecule has 17 heavy (non-hydrogen) atoms. The van der Waals surface area contributed by atoms with Crippen LogP contribution in [0.3, 0.4) is 0 Å². The number of hydrogen-bond acceptors (Lipinski definition) is 1. The molecule has 0 radical (unpaired) electrons. The van der Waals surface area contributed by atoms with Crippen LogP contribution in [-0.2, 0) is 0 Å². The van der Waals surface area contributed by atoms with Crippen molar-refractivity contribution in [1.29, 1.82) is 0 Å². The highest BCUT2D eigenvalue weighted by Gasteiger charge is 2.12. The molecule has 4 heteroatoms. The Hall–Kier alpha value is -0.730. The fourth-order valence-corrected chi connectivity index (χ4v) is 1.76. The number of halogens is 2. The molecule has 0 fully saturated rings. The SMILES string of the molecule is Cc1cc(Cl)cc(C(=O)NCC(Cl)C(C)C)c1. The number of carbonyl (C=O) groups is 1. The van der Waals surface area contributed by atoms with Crippen LogP contribution in [0.25, 0.3) is 0 Å². The van der Waals surface area contributed by atoms with Crippen molar-refractivity contribution in [1.82, 2.24) is 5.32 Å². The van der Waals surface area contributed by atoms with Gasteiger partial charge in [0, 0.05) is 17.1 Å². The molecular formula is C13H17Cl2NO. The van der Waals surface area contributed by atoms with Crippen LogP contribution in [0.15, 0.2) is 18.2 Å². The van der Waals surface area contributed by atoms with Gasteiger partial charge in [-0.05, 0) is 36.6 Å². The summed E-state index contributed by atoms with van der Waals surface area (Å²) in [5.41, 5.74) is 1.54. The van der Waals surface area contributed by atoms with Crippen molar-refractivity contribution in [3.63, 3.8) is 0 Å². The monoisotopic (exact) mass is 273 g/mol. The average molecular weight is 274 g/mol. The van der Waals surface area contributed by atoms with Crippen LogP contribution in [0.5, 0.6) is 0 Å². The Morgan fingerprint density at radius 2 is 2.00 bits per heavy atom. The normalized spacial score (nSPS) is 12.6. The van der Waals surface area contributed by atoms with E-state index in [1.165, 1.54) is 0 Å². The van der Waals surface area contributed by atoms with E-state index in [9.17, 15) is 4.79 Å². The second-order valence-corrected chi connectivity index (χ2v) is 5.48. The van der Waals surface area contributed by atoms with Crippen molar-refractivity contribution < 1.29 is 4.79 Å². The molecule has 1 rings (SSSR count). The minimum absolute atomic E-state index is 0.0563. The van der Waals surface area contributed by atoms with Gasteiger partial charge in [0.1, 0.15) is 0 Å². The van der Waals surface area contributed by atoms with E-state index in [4.69, 9.17) is 23.2 Å². The van der Waals surface area contributed by atoms with Crippen molar-refractivity contribution in [2.24, 2.45) is 5.92 Å². The zero-order valence-electron chi connectivity index (χ0n) is 10.3. The Balaban J connectivity index is 2.64. The third-order valence-corrected chi connectivity index (χ3v) is 3.36. The highest BCUT2D eigenvalue weighted by Crippen LogP contribution is 2.15. The molecule has 1 atom stereocenters. The molecule has 0 bridgehead atoms. The van der Waals surface area contributed by atoms with E-state index in [2.05, 4.69) is 5.32 Å². The summed E-state index contributed by atoms with van der Waals surface area (Å²) in [6, 6.07) is 5.28. The van der Waals surface area contributed by atoms with Gasteiger partial charge in [0.25, 0.3) is 5.91 Å². The van der Waals surface area contributed by atoms with E-state index in [0.717, 1.165) is 5.56 Å². The highest BCUT2D eigenvalue weighted by atomic mass is 35.5. The molecular weight excluding hydrogens is 257 g/mol. The number of rotatable bonds is 4. The molecule has 1 aromatic carbocycles. The second kappa shape index (κ2) is 6.27. The minimum atomic E-state index is -0.137. The molecule has 0 heterocycles. The standard InChI is InChI=1S/C13H17Cl2NO/c1-8(2)12(15)7-16-13(17)10-4-9(3)5-11(14)6-10/h4-6,8,12H,7H2,1-3H3,(H,16,17). The maximum atomic E-state index is 11.8. The largest absolute Gasteiger partial charge is 0.351 e. The van der Waals surface area contributed by atoms with Crippen molar-refractivity contribution in [3.05, 3.63) is 34.3 Å². The summed E-state index contributed by atoms with van der Waals surface area (Å²) >= 11 is 12.0. The number of alkyl halides is 1. The zero-order valence-corrected chi connectivity index (χ0v) is 11.8. The van der Waals surface area contributed by atoms with Crippen LogP contribution in [0.1, 0.15) is 29.8 Å². The Labute approximate surface area is 112 Å². The summed E-state index contributed by atoms with van der Waals surface area (Å²) in [6.07, 6.45) is 0. The second-order valence-electron chi connectivity index (χ2n) is 4.49. The van der Waals surface area contributed by atoms with Gasteiger partial charge in [-0.25, -0.2) is 0 Å². The molecule has 0 saturated carbocycles. The van der Waals surface area contributed by atoms with Gasteiger partial charge in [-0.1, -0.05) is 25.4 Å². The Morgan fingerprint density at radius 1 is 1.35 bits per heavy atom. The molecule has 0 saturated heterocycles. The first-order valence-electron chi connectivity index (χ1n) is 5.59. The van der Waals surface area contributed by atoms with Gasteiger partial charge in [0.2, 0.25) is 0 Å². The summed E-state index contributed by atoms with van der Waals surface area (Å²) < 4.78 is 0. The number of aryl methyl sites for hydroxylation is 1. The molecule has 0 aromatic heterocycles. The first-order chi connectivity index (χ1) is 7.90. The predicted octanol–water partition coefficient (Wildman–Crippen LogP) is 3.64. The molecule has 0 aliphatic carbocycles. The number of carbonyl (C=O) groups excluding carboxylic acids is 1. The lowest BCUT2D eigenvalue weighted by Crippen LogP contribution is -2.32. The van der Waals surface area contributed by atoms with Gasteiger partial charge in [-0.3, -0.25) is 4.79 Å². The van der Waals surface area contributed by atoms with Crippen LogP contribution in [0, 0.1) is 12.8 Å². The Kier molecular flexibility index (Phi) is 5.29. The van der Waals surface area contributed by atoms with Gasteiger partial charge in [0.15, 0.2) is 0 Å². The van der Waals surface area contributed by atoms with Crippen LogP contribution < -0.4 is 5.32 Å². The Bertz CT molecular complexity index is 384. The van der Waals surface area contributed by atoms with E-state index in [-0.39, 0.29) is 11.3 Å². The van der Waals surface area contributed by atoms with E-state index >= 15 is 0 Å².